The molecule has 106 valence electrons. The van der Waals surface area contributed by atoms with Crippen LogP contribution in [0, 0.1) is 5.82 Å². The number of pyridine rings is 1. The van der Waals surface area contributed by atoms with E-state index in [2.05, 4.69) is 17.2 Å². The van der Waals surface area contributed by atoms with Gasteiger partial charge in [0, 0.05) is 24.0 Å². The molecule has 0 bridgehead atoms. The number of hydrogen-bond donors (Lipinski definition) is 1. The molecule has 0 spiro atoms. The first-order chi connectivity index (χ1) is 9.79. The van der Waals surface area contributed by atoms with E-state index in [-0.39, 0.29) is 12.4 Å². The van der Waals surface area contributed by atoms with Crippen LogP contribution in [0.2, 0.25) is 0 Å². The van der Waals surface area contributed by atoms with E-state index in [1.807, 2.05) is 12.1 Å². The number of aromatic nitrogens is 1. The van der Waals surface area contributed by atoms with Crippen LogP contribution >= 0.6 is 0 Å². The summed E-state index contributed by atoms with van der Waals surface area (Å²) in [6, 6.07) is 10.5. The van der Waals surface area contributed by atoms with Crippen LogP contribution in [0.4, 0.5) is 10.1 Å². The third-order valence-corrected chi connectivity index (χ3v) is 2.86. The predicted molar refractivity (Wildman–Crippen MR) is 77.9 cm³/mol. The third kappa shape index (κ3) is 4.31. The van der Waals surface area contributed by atoms with Crippen molar-refractivity contribution in [1.82, 2.24) is 4.98 Å². The minimum atomic E-state index is -0.237. The summed E-state index contributed by atoms with van der Waals surface area (Å²) in [4.78, 5) is 4.24. The zero-order chi connectivity index (χ0) is 14.2. The fourth-order valence-electron chi connectivity index (χ4n) is 1.82. The molecular formula is C16H19FN2O. The molecule has 0 amide bonds. The predicted octanol–water partition coefficient (Wildman–Crippen LogP) is 3.76. The van der Waals surface area contributed by atoms with E-state index in [1.54, 1.807) is 24.4 Å². The Kier molecular flexibility index (Phi) is 5.50. The number of rotatable bonds is 7. The summed E-state index contributed by atoms with van der Waals surface area (Å²) in [6.45, 7) is 3.67. The van der Waals surface area contributed by atoms with Crippen molar-refractivity contribution in [3.8, 4) is 0 Å². The maximum Gasteiger partial charge on any atom is 0.128 e. The Bertz CT molecular complexity index is 546. The zero-order valence-electron chi connectivity index (χ0n) is 11.6. The molecule has 20 heavy (non-hydrogen) atoms. The van der Waals surface area contributed by atoms with E-state index < -0.39 is 0 Å². The molecule has 0 atom stereocenters. The molecule has 2 aromatic rings. The highest BCUT2D eigenvalue weighted by Gasteiger charge is 2.02. The molecular weight excluding hydrogens is 255 g/mol. The lowest BCUT2D eigenvalue weighted by molar-refractivity contribution is 0.102. The average Bonchev–Trinajstić information content (AvgIpc) is 2.48. The van der Waals surface area contributed by atoms with Gasteiger partial charge in [-0.1, -0.05) is 25.1 Å². The molecule has 1 heterocycles. The maximum absolute atomic E-state index is 13.4. The second kappa shape index (κ2) is 7.60. The summed E-state index contributed by atoms with van der Waals surface area (Å²) in [6.07, 6.45) is 2.82. The van der Waals surface area contributed by atoms with Crippen LogP contribution in [0.5, 0.6) is 0 Å². The van der Waals surface area contributed by atoms with Crippen LogP contribution in [0.1, 0.15) is 24.6 Å². The lowest BCUT2D eigenvalue weighted by Gasteiger charge is -2.08. The Balaban J connectivity index is 1.86. The summed E-state index contributed by atoms with van der Waals surface area (Å²) >= 11 is 0. The van der Waals surface area contributed by atoms with E-state index in [9.17, 15) is 4.39 Å². The minimum Gasteiger partial charge on any atom is -0.385 e. The number of halogens is 1. The number of benzene rings is 1. The molecule has 1 aromatic carbocycles. The highest BCUT2D eigenvalue weighted by molar-refractivity contribution is 5.42. The summed E-state index contributed by atoms with van der Waals surface area (Å²) < 4.78 is 18.9. The highest BCUT2D eigenvalue weighted by Crippen LogP contribution is 2.11. The number of ether oxygens (including phenoxy) is 1. The van der Waals surface area contributed by atoms with Crippen molar-refractivity contribution >= 4 is 5.69 Å². The van der Waals surface area contributed by atoms with Gasteiger partial charge < -0.3 is 10.1 Å². The van der Waals surface area contributed by atoms with Gasteiger partial charge in [0.15, 0.2) is 0 Å². The van der Waals surface area contributed by atoms with Crippen molar-refractivity contribution in [2.24, 2.45) is 0 Å². The summed E-state index contributed by atoms with van der Waals surface area (Å²) in [5.74, 6) is -0.237. The largest absolute Gasteiger partial charge is 0.385 e. The van der Waals surface area contributed by atoms with E-state index in [0.29, 0.717) is 12.2 Å². The molecule has 0 aliphatic heterocycles. The van der Waals surface area contributed by atoms with Gasteiger partial charge in [0.1, 0.15) is 5.82 Å². The smallest absolute Gasteiger partial charge is 0.128 e. The van der Waals surface area contributed by atoms with Crippen LogP contribution in [-0.2, 0) is 18.0 Å². The van der Waals surface area contributed by atoms with Crippen LogP contribution in [0.15, 0.2) is 42.6 Å². The van der Waals surface area contributed by atoms with Crippen LogP contribution < -0.4 is 5.32 Å². The van der Waals surface area contributed by atoms with Gasteiger partial charge in [-0.3, -0.25) is 4.98 Å². The zero-order valence-corrected chi connectivity index (χ0v) is 11.6. The molecule has 1 aromatic heterocycles. The molecule has 0 aliphatic rings. The van der Waals surface area contributed by atoms with E-state index in [4.69, 9.17) is 4.74 Å². The van der Waals surface area contributed by atoms with Gasteiger partial charge in [-0.2, -0.15) is 0 Å². The van der Waals surface area contributed by atoms with Gasteiger partial charge in [0.25, 0.3) is 0 Å². The SMILES string of the molecule is CCCNc1ccnc(COCc2ccccc2F)c1. The molecule has 0 unspecified atom stereocenters. The summed E-state index contributed by atoms with van der Waals surface area (Å²) in [5.41, 5.74) is 2.43. The van der Waals surface area contributed by atoms with E-state index in [0.717, 1.165) is 24.3 Å². The van der Waals surface area contributed by atoms with Crippen LogP contribution in [0.3, 0.4) is 0 Å². The van der Waals surface area contributed by atoms with Crippen LogP contribution in [-0.4, -0.2) is 11.5 Å². The molecule has 3 nitrogen and oxygen atoms in total. The second-order valence-electron chi connectivity index (χ2n) is 4.55. The monoisotopic (exact) mass is 274 g/mol. The fourth-order valence-corrected chi connectivity index (χ4v) is 1.82. The Hall–Kier alpha value is -1.94. The molecule has 0 saturated carbocycles. The van der Waals surface area contributed by atoms with Crippen molar-refractivity contribution < 1.29 is 9.13 Å². The van der Waals surface area contributed by atoms with Crippen molar-refractivity contribution in [2.45, 2.75) is 26.6 Å². The van der Waals surface area contributed by atoms with Gasteiger partial charge >= 0.3 is 0 Å². The third-order valence-electron chi connectivity index (χ3n) is 2.86. The average molecular weight is 274 g/mol. The molecule has 0 aliphatic carbocycles. The topological polar surface area (TPSA) is 34.2 Å². The van der Waals surface area contributed by atoms with Gasteiger partial charge in [0.05, 0.1) is 18.9 Å². The first-order valence-corrected chi connectivity index (χ1v) is 6.79. The Morgan fingerprint density at radius 3 is 2.85 bits per heavy atom. The van der Waals surface area contributed by atoms with Gasteiger partial charge in [-0.25, -0.2) is 4.39 Å². The minimum absolute atomic E-state index is 0.237. The Labute approximate surface area is 118 Å². The lowest BCUT2D eigenvalue weighted by Crippen LogP contribution is -2.02. The quantitative estimate of drug-likeness (QED) is 0.834. The van der Waals surface area contributed by atoms with Crippen LogP contribution in [0.25, 0.3) is 0 Å². The van der Waals surface area contributed by atoms with Gasteiger partial charge in [-0.05, 0) is 24.6 Å². The molecule has 2 rings (SSSR count). The Morgan fingerprint density at radius 1 is 1.20 bits per heavy atom. The van der Waals surface area contributed by atoms with E-state index >= 15 is 0 Å². The molecule has 1 N–H and O–H groups in total. The van der Waals surface area contributed by atoms with Crippen molar-refractivity contribution in [3.63, 3.8) is 0 Å². The van der Waals surface area contributed by atoms with Gasteiger partial charge in [0.2, 0.25) is 0 Å². The molecule has 4 heteroatoms. The second-order valence-corrected chi connectivity index (χ2v) is 4.55. The number of nitrogens with one attached hydrogen (secondary N) is 1. The number of hydrogen-bond acceptors (Lipinski definition) is 3. The van der Waals surface area contributed by atoms with Crippen molar-refractivity contribution in [1.29, 1.82) is 0 Å². The Morgan fingerprint density at radius 2 is 2.05 bits per heavy atom. The van der Waals surface area contributed by atoms with Gasteiger partial charge in [-0.15, -0.1) is 0 Å². The lowest BCUT2D eigenvalue weighted by atomic mass is 10.2. The number of anilines is 1. The summed E-state index contributed by atoms with van der Waals surface area (Å²) in [5, 5.41) is 3.30. The number of nitrogens with zero attached hydrogens (tertiary/aromatic N) is 1. The normalized spacial score (nSPS) is 10.5. The fraction of sp³-hybridized carbons (Fsp3) is 0.312. The standard InChI is InChI=1S/C16H19FN2O/c1-2-8-18-14-7-9-19-15(10-14)12-20-11-13-5-3-4-6-16(13)17/h3-7,9-10H,2,8,11-12H2,1H3,(H,18,19). The molecule has 0 fully saturated rings. The summed E-state index contributed by atoms with van der Waals surface area (Å²) in [7, 11) is 0. The first-order valence-electron chi connectivity index (χ1n) is 6.79. The van der Waals surface area contributed by atoms with Crippen molar-refractivity contribution in [3.05, 3.63) is 59.7 Å². The maximum atomic E-state index is 13.4. The first kappa shape index (κ1) is 14.5. The molecule has 0 saturated heterocycles. The van der Waals surface area contributed by atoms with E-state index in [1.165, 1.54) is 6.07 Å². The van der Waals surface area contributed by atoms with Crippen molar-refractivity contribution in [2.75, 3.05) is 11.9 Å². The molecule has 0 radical (unpaired) electrons. The highest BCUT2D eigenvalue weighted by atomic mass is 19.1.